The van der Waals surface area contributed by atoms with Crippen LogP contribution in [0.2, 0.25) is 0 Å². The first kappa shape index (κ1) is 12.6. The van der Waals surface area contributed by atoms with Crippen LogP contribution in [-0.2, 0) is 0 Å². The van der Waals surface area contributed by atoms with Crippen LogP contribution in [0.3, 0.4) is 0 Å². The van der Waals surface area contributed by atoms with Crippen LogP contribution >= 0.6 is 15.9 Å². The monoisotopic (exact) mass is 295 g/mol. The third-order valence-corrected chi connectivity index (χ3v) is 3.94. The van der Waals surface area contributed by atoms with E-state index in [1.54, 1.807) is 0 Å². The van der Waals surface area contributed by atoms with Crippen molar-refractivity contribution in [3.63, 3.8) is 0 Å². The van der Waals surface area contributed by atoms with Crippen molar-refractivity contribution in [1.82, 2.24) is 4.90 Å². The molecule has 0 atom stereocenters. The van der Waals surface area contributed by atoms with Gasteiger partial charge in [0.2, 0.25) is 0 Å². The average molecular weight is 296 g/mol. The Morgan fingerprint density at radius 3 is 2.24 bits per heavy atom. The standard InChI is InChI=1S/C14H18BrNO/c15-13-9-5-4-8-12(13)14(17)16-10-6-2-1-3-7-11-16/h4-5,8-9H,1-3,6-7,10-11H2. The number of carbonyl (C=O) groups excluding carboxylic acids is 1. The molecule has 0 aromatic heterocycles. The third kappa shape index (κ3) is 3.32. The van der Waals surface area contributed by atoms with Gasteiger partial charge in [0.1, 0.15) is 0 Å². The zero-order valence-corrected chi connectivity index (χ0v) is 11.6. The molecule has 1 saturated heterocycles. The summed E-state index contributed by atoms with van der Waals surface area (Å²) in [4.78, 5) is 14.4. The molecule has 1 aliphatic rings. The number of hydrogen-bond donors (Lipinski definition) is 0. The van der Waals surface area contributed by atoms with Gasteiger partial charge in [-0.1, -0.05) is 31.4 Å². The van der Waals surface area contributed by atoms with Crippen LogP contribution in [0.5, 0.6) is 0 Å². The van der Waals surface area contributed by atoms with Crippen LogP contribution in [-0.4, -0.2) is 23.9 Å². The molecule has 1 fully saturated rings. The fraction of sp³-hybridized carbons (Fsp3) is 0.500. The normalized spacial score (nSPS) is 17.4. The van der Waals surface area contributed by atoms with Crippen molar-refractivity contribution in [3.05, 3.63) is 34.3 Å². The summed E-state index contributed by atoms with van der Waals surface area (Å²) in [6.07, 6.45) is 6.09. The number of carbonyl (C=O) groups is 1. The predicted molar refractivity (Wildman–Crippen MR) is 73.1 cm³/mol. The molecular weight excluding hydrogens is 278 g/mol. The zero-order valence-electron chi connectivity index (χ0n) is 9.99. The summed E-state index contributed by atoms with van der Waals surface area (Å²) in [6.45, 7) is 1.81. The molecule has 17 heavy (non-hydrogen) atoms. The molecule has 1 aromatic carbocycles. The van der Waals surface area contributed by atoms with E-state index in [4.69, 9.17) is 0 Å². The van der Waals surface area contributed by atoms with Gasteiger partial charge in [-0.3, -0.25) is 4.79 Å². The largest absolute Gasteiger partial charge is 0.339 e. The molecule has 1 heterocycles. The average Bonchev–Trinajstić information content (AvgIpc) is 2.28. The maximum absolute atomic E-state index is 12.4. The summed E-state index contributed by atoms with van der Waals surface area (Å²) in [5, 5.41) is 0. The van der Waals surface area contributed by atoms with Crippen molar-refractivity contribution in [2.45, 2.75) is 32.1 Å². The second-order valence-electron chi connectivity index (χ2n) is 4.54. The zero-order chi connectivity index (χ0) is 12.1. The maximum Gasteiger partial charge on any atom is 0.254 e. The minimum atomic E-state index is 0.166. The Hall–Kier alpha value is -0.830. The van der Waals surface area contributed by atoms with E-state index in [0.29, 0.717) is 0 Å². The van der Waals surface area contributed by atoms with Crippen LogP contribution in [0.4, 0.5) is 0 Å². The van der Waals surface area contributed by atoms with Gasteiger partial charge in [0.05, 0.1) is 5.56 Å². The number of hydrogen-bond acceptors (Lipinski definition) is 1. The Balaban J connectivity index is 2.10. The first-order chi connectivity index (χ1) is 8.29. The summed E-state index contributed by atoms with van der Waals surface area (Å²) >= 11 is 3.45. The topological polar surface area (TPSA) is 20.3 Å². The fourth-order valence-electron chi connectivity index (χ4n) is 2.26. The number of nitrogens with zero attached hydrogens (tertiary/aromatic N) is 1. The van der Waals surface area contributed by atoms with Gasteiger partial charge in [0.15, 0.2) is 0 Å². The van der Waals surface area contributed by atoms with Crippen LogP contribution in [0.15, 0.2) is 28.7 Å². The molecule has 0 radical (unpaired) electrons. The molecule has 3 heteroatoms. The van der Waals surface area contributed by atoms with Crippen LogP contribution in [0, 0.1) is 0 Å². The Labute approximate surface area is 111 Å². The highest BCUT2D eigenvalue weighted by Crippen LogP contribution is 2.19. The Bertz CT molecular complexity index is 384. The second kappa shape index (κ2) is 6.20. The minimum Gasteiger partial charge on any atom is -0.339 e. The van der Waals surface area contributed by atoms with Crippen molar-refractivity contribution < 1.29 is 4.79 Å². The van der Waals surface area contributed by atoms with E-state index in [1.165, 1.54) is 19.3 Å². The number of amides is 1. The van der Waals surface area contributed by atoms with Crippen LogP contribution in [0.1, 0.15) is 42.5 Å². The van der Waals surface area contributed by atoms with Crippen molar-refractivity contribution in [1.29, 1.82) is 0 Å². The molecule has 0 saturated carbocycles. The Kier molecular flexibility index (Phi) is 4.60. The molecule has 0 spiro atoms. The number of rotatable bonds is 1. The first-order valence-electron chi connectivity index (χ1n) is 6.33. The van der Waals surface area contributed by atoms with Gasteiger partial charge in [-0.25, -0.2) is 0 Å². The molecule has 1 aliphatic heterocycles. The molecule has 0 bridgehead atoms. The summed E-state index contributed by atoms with van der Waals surface area (Å²) in [6, 6.07) is 7.68. The molecule has 1 aromatic rings. The molecule has 2 rings (SSSR count). The smallest absolute Gasteiger partial charge is 0.254 e. The molecule has 1 amide bonds. The molecular formula is C14H18BrNO. The maximum atomic E-state index is 12.4. The SMILES string of the molecule is O=C(c1ccccc1Br)N1CCCCCCC1. The lowest BCUT2D eigenvalue weighted by Crippen LogP contribution is -2.34. The molecule has 0 N–H and O–H groups in total. The predicted octanol–water partition coefficient (Wildman–Crippen LogP) is 3.86. The minimum absolute atomic E-state index is 0.166. The van der Waals surface area contributed by atoms with E-state index >= 15 is 0 Å². The van der Waals surface area contributed by atoms with E-state index < -0.39 is 0 Å². The fourth-order valence-corrected chi connectivity index (χ4v) is 2.71. The molecule has 92 valence electrons. The lowest BCUT2D eigenvalue weighted by Gasteiger charge is -2.25. The number of benzene rings is 1. The highest BCUT2D eigenvalue weighted by Gasteiger charge is 2.18. The quantitative estimate of drug-likeness (QED) is 0.770. The van der Waals surface area contributed by atoms with Crippen molar-refractivity contribution >= 4 is 21.8 Å². The van der Waals surface area contributed by atoms with Gasteiger partial charge in [-0.2, -0.15) is 0 Å². The Morgan fingerprint density at radius 1 is 1.00 bits per heavy atom. The summed E-state index contributed by atoms with van der Waals surface area (Å²) < 4.78 is 0.895. The van der Waals surface area contributed by atoms with Gasteiger partial charge < -0.3 is 4.90 Å². The van der Waals surface area contributed by atoms with E-state index in [9.17, 15) is 4.79 Å². The van der Waals surface area contributed by atoms with Gasteiger partial charge >= 0.3 is 0 Å². The van der Waals surface area contributed by atoms with Gasteiger partial charge in [0, 0.05) is 17.6 Å². The molecule has 0 unspecified atom stereocenters. The van der Waals surface area contributed by atoms with E-state index in [2.05, 4.69) is 15.9 Å². The first-order valence-corrected chi connectivity index (χ1v) is 7.12. The highest BCUT2D eigenvalue weighted by molar-refractivity contribution is 9.10. The van der Waals surface area contributed by atoms with Gasteiger partial charge in [-0.05, 0) is 40.9 Å². The molecule has 0 aliphatic carbocycles. The van der Waals surface area contributed by atoms with Crippen LogP contribution in [0.25, 0.3) is 0 Å². The van der Waals surface area contributed by atoms with Gasteiger partial charge in [-0.15, -0.1) is 0 Å². The second-order valence-corrected chi connectivity index (χ2v) is 5.39. The summed E-state index contributed by atoms with van der Waals surface area (Å²) in [5.74, 6) is 0.166. The Morgan fingerprint density at radius 2 is 1.59 bits per heavy atom. The molecule has 2 nitrogen and oxygen atoms in total. The van der Waals surface area contributed by atoms with E-state index in [0.717, 1.165) is 36.0 Å². The van der Waals surface area contributed by atoms with E-state index in [1.807, 2.05) is 29.2 Å². The van der Waals surface area contributed by atoms with Crippen molar-refractivity contribution in [2.75, 3.05) is 13.1 Å². The lowest BCUT2D eigenvalue weighted by atomic mass is 10.1. The number of halogens is 1. The van der Waals surface area contributed by atoms with Gasteiger partial charge in [0.25, 0.3) is 5.91 Å². The summed E-state index contributed by atoms with van der Waals surface area (Å²) in [7, 11) is 0. The highest BCUT2D eigenvalue weighted by atomic mass is 79.9. The summed E-state index contributed by atoms with van der Waals surface area (Å²) in [5.41, 5.74) is 0.785. The van der Waals surface area contributed by atoms with Crippen molar-refractivity contribution in [2.24, 2.45) is 0 Å². The number of likely N-dealkylation sites (tertiary alicyclic amines) is 1. The van der Waals surface area contributed by atoms with E-state index in [-0.39, 0.29) is 5.91 Å². The van der Waals surface area contributed by atoms with Crippen molar-refractivity contribution in [3.8, 4) is 0 Å². The van der Waals surface area contributed by atoms with Crippen LogP contribution < -0.4 is 0 Å². The third-order valence-electron chi connectivity index (χ3n) is 3.25. The lowest BCUT2D eigenvalue weighted by molar-refractivity contribution is 0.0741.